The van der Waals surface area contributed by atoms with Crippen molar-refractivity contribution in [1.29, 1.82) is 0 Å². The average molecular weight is 306 g/mol. The van der Waals surface area contributed by atoms with Gasteiger partial charge in [0.15, 0.2) is 0 Å². The zero-order valence-corrected chi connectivity index (χ0v) is 10.7. The molecule has 0 amide bonds. The summed E-state index contributed by atoms with van der Waals surface area (Å²) in [5, 5.41) is 0. The lowest BCUT2D eigenvalue weighted by Gasteiger charge is -2.17. The molecule has 0 saturated heterocycles. The summed E-state index contributed by atoms with van der Waals surface area (Å²) in [5.41, 5.74) is 0.780. The van der Waals surface area contributed by atoms with Crippen molar-refractivity contribution in [3.8, 4) is 5.75 Å². The Morgan fingerprint density at radius 1 is 1.14 bits per heavy atom. The lowest BCUT2D eigenvalue weighted by molar-refractivity contribution is -0.274. The summed E-state index contributed by atoms with van der Waals surface area (Å²) >= 11 is 0. The van der Waals surface area contributed by atoms with Gasteiger partial charge in [-0.15, -0.1) is 13.2 Å². The maximum Gasteiger partial charge on any atom is 0.573 e. The van der Waals surface area contributed by atoms with Gasteiger partial charge in [0.2, 0.25) is 0 Å². The summed E-state index contributed by atoms with van der Waals surface area (Å²) in [6.45, 7) is -2.99. The lowest BCUT2D eigenvalue weighted by Crippen LogP contribution is -2.17. The third-order valence-corrected chi connectivity index (χ3v) is 2.76. The predicted molar refractivity (Wildman–Crippen MR) is 65.5 cm³/mol. The van der Waals surface area contributed by atoms with Crippen LogP contribution in [0.4, 0.5) is 22.0 Å². The summed E-state index contributed by atoms with van der Waals surface area (Å²) in [6.07, 6.45) is -0.759. The van der Waals surface area contributed by atoms with E-state index in [4.69, 9.17) is 0 Å². The van der Waals surface area contributed by atoms with E-state index < -0.39 is 18.7 Å². The van der Waals surface area contributed by atoms with Gasteiger partial charge in [0.25, 0.3) is 0 Å². The summed E-state index contributed by atoms with van der Waals surface area (Å²) < 4.78 is 69.5. The SMILES string of the molecule is FC(F)OC1=C(c2cccc(OC(F)(F)F)c2)CCC=C1. The molecule has 1 aromatic rings. The standard InChI is InChI=1S/C14H11F5O2/c15-13(16)20-12-7-2-1-6-11(12)9-4-3-5-10(8-9)21-14(17,18)19/h2-5,7-8,13H,1,6H2. The first kappa shape index (κ1) is 15.3. The maximum atomic E-state index is 12.3. The van der Waals surface area contributed by atoms with Gasteiger partial charge in [-0.25, -0.2) is 0 Å². The van der Waals surface area contributed by atoms with Crippen molar-refractivity contribution in [3.63, 3.8) is 0 Å². The van der Waals surface area contributed by atoms with Gasteiger partial charge in [0.05, 0.1) is 0 Å². The minimum absolute atomic E-state index is 0.0413. The minimum Gasteiger partial charge on any atom is -0.435 e. The van der Waals surface area contributed by atoms with Crippen molar-refractivity contribution in [3.05, 3.63) is 47.7 Å². The van der Waals surface area contributed by atoms with Crippen LogP contribution in [-0.4, -0.2) is 13.0 Å². The van der Waals surface area contributed by atoms with Crippen LogP contribution in [0.2, 0.25) is 0 Å². The fourth-order valence-corrected chi connectivity index (χ4v) is 2.02. The van der Waals surface area contributed by atoms with Gasteiger partial charge in [-0.1, -0.05) is 18.2 Å². The topological polar surface area (TPSA) is 18.5 Å². The van der Waals surface area contributed by atoms with Gasteiger partial charge in [-0.2, -0.15) is 8.78 Å². The van der Waals surface area contributed by atoms with E-state index >= 15 is 0 Å². The first-order chi connectivity index (χ1) is 9.85. The summed E-state index contributed by atoms with van der Waals surface area (Å²) in [4.78, 5) is 0. The van der Waals surface area contributed by atoms with Crippen LogP contribution in [0.25, 0.3) is 5.57 Å². The molecule has 0 heterocycles. The van der Waals surface area contributed by atoms with Gasteiger partial charge in [-0.3, -0.25) is 0 Å². The Bertz CT molecular complexity index is 561. The van der Waals surface area contributed by atoms with Gasteiger partial charge in [-0.05, 0) is 36.6 Å². The molecule has 0 unspecified atom stereocenters. The molecule has 2 rings (SSSR count). The minimum atomic E-state index is -4.80. The van der Waals surface area contributed by atoms with E-state index in [1.807, 2.05) is 0 Å². The number of hydrogen-bond donors (Lipinski definition) is 0. The Kier molecular flexibility index (Phi) is 4.50. The molecule has 0 saturated carbocycles. The normalized spacial score (nSPS) is 15.5. The van der Waals surface area contributed by atoms with Gasteiger partial charge >= 0.3 is 13.0 Å². The molecule has 0 atom stereocenters. The van der Waals surface area contributed by atoms with Crippen LogP contribution in [0.3, 0.4) is 0 Å². The zero-order valence-electron chi connectivity index (χ0n) is 10.7. The largest absolute Gasteiger partial charge is 0.573 e. The Morgan fingerprint density at radius 2 is 1.90 bits per heavy atom. The Labute approximate surface area is 117 Å². The highest BCUT2D eigenvalue weighted by Gasteiger charge is 2.31. The van der Waals surface area contributed by atoms with Crippen LogP contribution < -0.4 is 4.74 Å². The molecule has 0 aliphatic heterocycles. The van der Waals surface area contributed by atoms with E-state index in [9.17, 15) is 22.0 Å². The molecule has 0 bridgehead atoms. The van der Waals surface area contributed by atoms with E-state index in [-0.39, 0.29) is 5.76 Å². The number of ether oxygens (including phenoxy) is 2. The first-order valence-electron chi connectivity index (χ1n) is 6.06. The first-order valence-corrected chi connectivity index (χ1v) is 6.06. The third-order valence-electron chi connectivity index (χ3n) is 2.76. The molecule has 0 fully saturated rings. The van der Waals surface area contributed by atoms with Crippen molar-refractivity contribution in [1.82, 2.24) is 0 Å². The molecule has 1 aromatic carbocycles. The smallest absolute Gasteiger partial charge is 0.435 e. The van der Waals surface area contributed by atoms with Crippen molar-refractivity contribution in [2.45, 2.75) is 25.8 Å². The molecule has 0 aromatic heterocycles. The molecule has 21 heavy (non-hydrogen) atoms. The molecule has 1 aliphatic carbocycles. The van der Waals surface area contributed by atoms with E-state index in [2.05, 4.69) is 9.47 Å². The maximum absolute atomic E-state index is 12.3. The van der Waals surface area contributed by atoms with E-state index in [1.165, 1.54) is 18.2 Å². The van der Waals surface area contributed by atoms with Crippen LogP contribution in [0.15, 0.2) is 42.2 Å². The average Bonchev–Trinajstić information content (AvgIpc) is 2.37. The number of benzene rings is 1. The van der Waals surface area contributed by atoms with E-state index in [0.29, 0.717) is 24.0 Å². The summed E-state index contributed by atoms with van der Waals surface area (Å²) in [5.74, 6) is -0.446. The fraction of sp³-hybridized carbons (Fsp3) is 0.286. The molecular formula is C14H11F5O2. The summed E-state index contributed by atoms with van der Waals surface area (Å²) in [7, 11) is 0. The highest BCUT2D eigenvalue weighted by molar-refractivity contribution is 5.71. The predicted octanol–water partition coefficient (Wildman–Crippen LogP) is 4.89. The molecule has 7 heteroatoms. The monoisotopic (exact) mass is 306 g/mol. The van der Waals surface area contributed by atoms with Gasteiger partial charge in [0, 0.05) is 5.57 Å². The van der Waals surface area contributed by atoms with Crippen molar-refractivity contribution in [2.24, 2.45) is 0 Å². The van der Waals surface area contributed by atoms with Crippen molar-refractivity contribution in [2.75, 3.05) is 0 Å². The molecule has 1 aliphatic rings. The van der Waals surface area contributed by atoms with Gasteiger partial charge in [0.1, 0.15) is 11.5 Å². The molecule has 0 N–H and O–H groups in total. The Morgan fingerprint density at radius 3 is 2.57 bits per heavy atom. The third kappa shape index (κ3) is 4.47. The Balaban J connectivity index is 2.33. The highest BCUT2D eigenvalue weighted by Crippen LogP contribution is 2.33. The highest BCUT2D eigenvalue weighted by atomic mass is 19.4. The second-order valence-corrected chi connectivity index (χ2v) is 4.24. The van der Waals surface area contributed by atoms with Crippen LogP contribution in [0.1, 0.15) is 18.4 Å². The second-order valence-electron chi connectivity index (χ2n) is 4.24. The number of halogens is 5. The molecule has 114 valence electrons. The van der Waals surface area contributed by atoms with Crippen LogP contribution in [0.5, 0.6) is 5.75 Å². The number of hydrogen-bond acceptors (Lipinski definition) is 2. The number of allylic oxidation sites excluding steroid dienone is 3. The Hall–Kier alpha value is -2.05. The van der Waals surface area contributed by atoms with Gasteiger partial charge < -0.3 is 9.47 Å². The second kappa shape index (κ2) is 6.15. The lowest BCUT2D eigenvalue weighted by atomic mass is 9.96. The van der Waals surface area contributed by atoms with Crippen LogP contribution in [-0.2, 0) is 4.74 Å². The van der Waals surface area contributed by atoms with Crippen LogP contribution >= 0.6 is 0 Å². The van der Waals surface area contributed by atoms with Crippen molar-refractivity contribution < 1.29 is 31.4 Å². The molecule has 0 spiro atoms. The fourth-order valence-electron chi connectivity index (χ4n) is 2.02. The number of alkyl halides is 5. The number of rotatable bonds is 4. The van der Waals surface area contributed by atoms with Crippen molar-refractivity contribution >= 4 is 5.57 Å². The molecule has 2 nitrogen and oxygen atoms in total. The van der Waals surface area contributed by atoms with Crippen LogP contribution in [0, 0.1) is 0 Å². The molecule has 0 radical (unpaired) electrons. The zero-order chi connectivity index (χ0) is 15.5. The van der Waals surface area contributed by atoms with E-state index in [0.717, 1.165) is 12.1 Å². The quantitative estimate of drug-likeness (QED) is 0.738. The molecular weight excluding hydrogens is 295 g/mol. The van der Waals surface area contributed by atoms with E-state index in [1.54, 1.807) is 6.08 Å². The summed E-state index contributed by atoms with van der Waals surface area (Å²) in [6, 6.07) is 5.18.